The summed E-state index contributed by atoms with van der Waals surface area (Å²) in [4.78, 5) is 13.3. The Morgan fingerprint density at radius 3 is 2.67 bits per heavy atom. The average molecular weight is 313 g/mol. The van der Waals surface area contributed by atoms with Crippen molar-refractivity contribution in [3.05, 3.63) is 41.7 Å². The number of sulfone groups is 1. The number of rotatable bonds is 6. The van der Waals surface area contributed by atoms with Crippen LogP contribution >= 0.6 is 0 Å². The minimum atomic E-state index is -3.14. The number of carbonyl (C=O) groups is 1. The first kappa shape index (κ1) is 17.4. The van der Waals surface area contributed by atoms with Gasteiger partial charge in [0, 0.05) is 24.9 Å². The fourth-order valence-corrected chi connectivity index (χ4v) is 2.90. The number of likely N-dealkylation sites (N-methyl/N-ethyl adjacent to an activating group) is 1. The van der Waals surface area contributed by atoms with Crippen molar-refractivity contribution in [2.75, 3.05) is 18.6 Å². The lowest BCUT2D eigenvalue weighted by Gasteiger charge is -2.23. The second kappa shape index (κ2) is 7.36. The zero-order valence-electron chi connectivity index (χ0n) is 12.4. The molecule has 0 spiro atoms. The van der Waals surface area contributed by atoms with Crippen LogP contribution in [0, 0.1) is 5.82 Å². The second-order valence-electron chi connectivity index (χ2n) is 4.89. The van der Waals surface area contributed by atoms with Crippen molar-refractivity contribution >= 4 is 21.8 Å². The van der Waals surface area contributed by atoms with Gasteiger partial charge in [-0.25, -0.2) is 12.8 Å². The van der Waals surface area contributed by atoms with Gasteiger partial charge in [-0.05, 0) is 30.7 Å². The van der Waals surface area contributed by atoms with E-state index in [-0.39, 0.29) is 23.2 Å². The van der Waals surface area contributed by atoms with Crippen molar-refractivity contribution in [2.24, 2.45) is 0 Å². The predicted octanol–water partition coefficient (Wildman–Crippen LogP) is 2.12. The minimum absolute atomic E-state index is 0.0541. The number of carbonyl (C=O) groups excluding carboxylic acids is 1. The zero-order chi connectivity index (χ0) is 16.0. The highest BCUT2D eigenvalue weighted by atomic mass is 32.2. The highest BCUT2D eigenvalue weighted by Gasteiger charge is 2.19. The molecular formula is C15H20FNO3S. The maximum absolute atomic E-state index is 13.0. The normalized spacial score (nSPS) is 13.3. The van der Waals surface area contributed by atoms with Gasteiger partial charge in [-0.3, -0.25) is 4.79 Å². The summed E-state index contributed by atoms with van der Waals surface area (Å²) in [5.74, 6) is -0.712. The Hall–Kier alpha value is -1.69. The van der Waals surface area contributed by atoms with Crippen LogP contribution in [0.1, 0.15) is 19.4 Å². The zero-order valence-corrected chi connectivity index (χ0v) is 13.2. The molecule has 1 aromatic carbocycles. The van der Waals surface area contributed by atoms with Crippen molar-refractivity contribution in [3.8, 4) is 0 Å². The molecule has 0 saturated carbocycles. The van der Waals surface area contributed by atoms with Crippen LogP contribution in [0.4, 0.5) is 4.39 Å². The summed E-state index contributed by atoms with van der Waals surface area (Å²) in [6.07, 6.45) is 2.81. The fraction of sp³-hybridized carbons (Fsp3) is 0.400. The van der Waals surface area contributed by atoms with Gasteiger partial charge in [-0.2, -0.15) is 0 Å². The highest BCUT2D eigenvalue weighted by Crippen LogP contribution is 2.07. The Kier molecular flexibility index (Phi) is 6.08. The van der Waals surface area contributed by atoms with Crippen molar-refractivity contribution < 1.29 is 17.6 Å². The van der Waals surface area contributed by atoms with E-state index >= 15 is 0 Å². The third-order valence-electron chi connectivity index (χ3n) is 3.21. The first-order chi connectivity index (χ1) is 9.75. The van der Waals surface area contributed by atoms with E-state index in [0.29, 0.717) is 5.56 Å². The molecular weight excluding hydrogens is 293 g/mol. The summed E-state index contributed by atoms with van der Waals surface area (Å²) in [5.41, 5.74) is 0.575. The number of hydrogen-bond acceptors (Lipinski definition) is 3. The van der Waals surface area contributed by atoms with Crippen molar-refractivity contribution in [1.29, 1.82) is 0 Å². The lowest BCUT2D eigenvalue weighted by Crippen LogP contribution is -2.38. The van der Waals surface area contributed by atoms with Crippen LogP contribution in [0.5, 0.6) is 0 Å². The van der Waals surface area contributed by atoms with E-state index in [1.807, 2.05) is 0 Å². The lowest BCUT2D eigenvalue weighted by molar-refractivity contribution is -0.126. The number of nitrogens with zero attached hydrogens (tertiary/aromatic N) is 1. The SMILES string of the molecule is CCS(=O)(=O)C[C@@H](C)N(C)C(=O)/C=C/c1cccc(F)c1. The van der Waals surface area contributed by atoms with Crippen LogP contribution in [0.15, 0.2) is 30.3 Å². The van der Waals surface area contributed by atoms with E-state index in [1.165, 1.54) is 29.2 Å². The third kappa shape index (κ3) is 5.67. The monoisotopic (exact) mass is 313 g/mol. The molecule has 0 aliphatic carbocycles. The van der Waals surface area contributed by atoms with Gasteiger partial charge in [0.2, 0.25) is 5.91 Å². The van der Waals surface area contributed by atoms with Gasteiger partial charge >= 0.3 is 0 Å². The molecule has 0 fully saturated rings. The second-order valence-corrected chi connectivity index (χ2v) is 7.28. The summed E-state index contributed by atoms with van der Waals surface area (Å²) in [5, 5.41) is 0. The predicted molar refractivity (Wildman–Crippen MR) is 82.0 cm³/mol. The van der Waals surface area contributed by atoms with E-state index < -0.39 is 15.9 Å². The number of amides is 1. The molecule has 0 radical (unpaired) electrons. The Labute approximate surface area is 125 Å². The Morgan fingerprint density at radius 2 is 2.10 bits per heavy atom. The lowest BCUT2D eigenvalue weighted by atomic mass is 10.2. The summed E-state index contributed by atoms with van der Waals surface area (Å²) in [6, 6.07) is 5.45. The Bertz CT molecular complexity index is 626. The maximum Gasteiger partial charge on any atom is 0.246 e. The maximum atomic E-state index is 13.0. The molecule has 0 aromatic heterocycles. The molecule has 1 rings (SSSR count). The van der Waals surface area contributed by atoms with Crippen LogP contribution in [0.2, 0.25) is 0 Å². The van der Waals surface area contributed by atoms with Gasteiger partial charge < -0.3 is 4.90 Å². The molecule has 1 aromatic rings. The first-order valence-electron chi connectivity index (χ1n) is 6.66. The molecule has 0 unspecified atom stereocenters. The van der Waals surface area contributed by atoms with E-state index in [1.54, 1.807) is 33.0 Å². The Balaban J connectivity index is 2.70. The molecule has 0 aliphatic rings. The van der Waals surface area contributed by atoms with Gasteiger partial charge in [-0.1, -0.05) is 19.1 Å². The van der Waals surface area contributed by atoms with Crippen LogP contribution in [0.25, 0.3) is 6.08 Å². The molecule has 0 heterocycles. The molecule has 0 aliphatic heterocycles. The van der Waals surface area contributed by atoms with Gasteiger partial charge in [0.15, 0.2) is 9.84 Å². The van der Waals surface area contributed by atoms with E-state index in [4.69, 9.17) is 0 Å². The van der Waals surface area contributed by atoms with Gasteiger partial charge in [0.25, 0.3) is 0 Å². The third-order valence-corrected chi connectivity index (χ3v) is 5.08. The number of hydrogen-bond donors (Lipinski definition) is 0. The van der Waals surface area contributed by atoms with Crippen LogP contribution in [-0.4, -0.2) is 43.8 Å². The summed E-state index contributed by atoms with van der Waals surface area (Å²) >= 11 is 0. The standard InChI is InChI=1S/C15H20FNO3S/c1-4-21(19,20)11-12(2)17(3)15(18)9-8-13-6-5-7-14(16)10-13/h5-10,12H,4,11H2,1-3H3/b9-8+/t12-/m1/s1. The van der Waals surface area contributed by atoms with Crippen LogP contribution in [-0.2, 0) is 14.6 Å². The smallest absolute Gasteiger partial charge is 0.246 e. The largest absolute Gasteiger partial charge is 0.338 e. The van der Waals surface area contributed by atoms with Gasteiger partial charge in [0.1, 0.15) is 5.82 Å². The van der Waals surface area contributed by atoms with Crippen molar-refractivity contribution in [2.45, 2.75) is 19.9 Å². The summed E-state index contributed by atoms with van der Waals surface area (Å²) in [7, 11) is -1.59. The summed E-state index contributed by atoms with van der Waals surface area (Å²) in [6.45, 7) is 3.26. The average Bonchev–Trinajstić information content (AvgIpc) is 2.43. The highest BCUT2D eigenvalue weighted by molar-refractivity contribution is 7.91. The Morgan fingerprint density at radius 1 is 1.43 bits per heavy atom. The van der Waals surface area contributed by atoms with E-state index in [9.17, 15) is 17.6 Å². The van der Waals surface area contributed by atoms with Gasteiger partial charge in [-0.15, -0.1) is 0 Å². The topological polar surface area (TPSA) is 54.5 Å². The molecule has 1 amide bonds. The van der Waals surface area contributed by atoms with Crippen molar-refractivity contribution in [1.82, 2.24) is 4.90 Å². The molecule has 4 nitrogen and oxygen atoms in total. The molecule has 6 heteroatoms. The minimum Gasteiger partial charge on any atom is -0.338 e. The van der Waals surface area contributed by atoms with Gasteiger partial charge in [0.05, 0.1) is 5.75 Å². The fourth-order valence-electron chi connectivity index (χ4n) is 1.71. The van der Waals surface area contributed by atoms with E-state index in [0.717, 1.165) is 0 Å². The van der Waals surface area contributed by atoms with Crippen LogP contribution in [0.3, 0.4) is 0 Å². The first-order valence-corrected chi connectivity index (χ1v) is 8.48. The number of benzene rings is 1. The molecule has 0 N–H and O–H groups in total. The quantitative estimate of drug-likeness (QED) is 0.756. The van der Waals surface area contributed by atoms with Crippen molar-refractivity contribution in [3.63, 3.8) is 0 Å². The molecule has 0 bridgehead atoms. The molecule has 116 valence electrons. The molecule has 0 saturated heterocycles. The summed E-state index contributed by atoms with van der Waals surface area (Å²) < 4.78 is 36.1. The van der Waals surface area contributed by atoms with E-state index in [2.05, 4.69) is 0 Å². The molecule has 21 heavy (non-hydrogen) atoms. The number of halogens is 1. The van der Waals surface area contributed by atoms with Crippen LogP contribution < -0.4 is 0 Å². The molecule has 1 atom stereocenters.